The molecule has 9 nitrogen and oxygen atoms in total. The molecule has 9 heteroatoms. The molecule has 1 unspecified atom stereocenters. The molecule has 208 valence electrons. The number of ether oxygens (including phenoxy) is 1. The van der Waals surface area contributed by atoms with Crippen LogP contribution in [0.3, 0.4) is 0 Å². The lowest BCUT2D eigenvalue weighted by Gasteiger charge is -2.22. The summed E-state index contributed by atoms with van der Waals surface area (Å²) in [5.74, 6) is -1.84. The molecule has 1 atom stereocenters. The van der Waals surface area contributed by atoms with Gasteiger partial charge < -0.3 is 15.2 Å². The standard InChI is InChI=1S/C32H30N4O5/c1-36(18-21-9-3-2-4-10-21)19-29(31(38)39)35-30(37)28-16-15-22(17-33-28)34-32(40)41-20-27-25-13-7-5-11-23(25)24-12-6-8-14-26(24)27/h2-17,27,29H,18-20H2,1H3,(H,34,40)(H,35,37)(H,38,39). The third-order valence-corrected chi connectivity index (χ3v) is 6.98. The van der Waals surface area contributed by atoms with E-state index < -0.39 is 24.0 Å². The number of hydrogen-bond acceptors (Lipinski definition) is 6. The van der Waals surface area contributed by atoms with Crippen LogP contribution in [0.4, 0.5) is 10.5 Å². The number of amides is 2. The van der Waals surface area contributed by atoms with E-state index in [9.17, 15) is 19.5 Å². The number of hydrogen-bond donors (Lipinski definition) is 3. The first-order valence-corrected chi connectivity index (χ1v) is 13.2. The molecule has 0 saturated heterocycles. The molecule has 41 heavy (non-hydrogen) atoms. The number of carboxylic acid groups (broad SMARTS) is 1. The normalized spacial score (nSPS) is 12.7. The minimum Gasteiger partial charge on any atom is -0.480 e. The maximum atomic E-state index is 12.7. The molecule has 5 rings (SSSR count). The molecule has 1 heterocycles. The fourth-order valence-corrected chi connectivity index (χ4v) is 5.04. The summed E-state index contributed by atoms with van der Waals surface area (Å²) in [6.07, 6.45) is 0.687. The van der Waals surface area contributed by atoms with Crippen molar-refractivity contribution in [3.8, 4) is 11.1 Å². The van der Waals surface area contributed by atoms with Gasteiger partial charge in [-0.05, 0) is 47.0 Å². The van der Waals surface area contributed by atoms with E-state index in [4.69, 9.17) is 4.74 Å². The van der Waals surface area contributed by atoms with E-state index in [1.807, 2.05) is 71.6 Å². The van der Waals surface area contributed by atoms with Gasteiger partial charge in [0.05, 0.1) is 11.9 Å². The lowest BCUT2D eigenvalue weighted by Crippen LogP contribution is -2.47. The third kappa shape index (κ3) is 6.59. The molecule has 0 spiro atoms. The van der Waals surface area contributed by atoms with Crippen molar-refractivity contribution < 1.29 is 24.2 Å². The van der Waals surface area contributed by atoms with Crippen molar-refractivity contribution in [2.45, 2.75) is 18.5 Å². The number of carbonyl (C=O) groups excluding carboxylic acids is 2. The smallest absolute Gasteiger partial charge is 0.411 e. The van der Waals surface area contributed by atoms with Crippen LogP contribution in [0, 0.1) is 0 Å². The first-order valence-electron chi connectivity index (χ1n) is 13.2. The number of carbonyl (C=O) groups is 3. The van der Waals surface area contributed by atoms with Crippen LogP contribution in [0.5, 0.6) is 0 Å². The SMILES string of the molecule is CN(Cc1ccccc1)CC(NC(=O)c1ccc(NC(=O)OCC2c3ccccc3-c3ccccc32)cn1)C(=O)O. The number of rotatable bonds is 10. The van der Waals surface area contributed by atoms with Gasteiger partial charge in [-0.2, -0.15) is 0 Å². The van der Waals surface area contributed by atoms with E-state index >= 15 is 0 Å². The molecular formula is C32H30N4O5. The van der Waals surface area contributed by atoms with Crippen LogP contribution in [-0.4, -0.2) is 59.2 Å². The van der Waals surface area contributed by atoms with Gasteiger partial charge in [-0.25, -0.2) is 14.6 Å². The minimum absolute atomic E-state index is 0.0278. The number of benzene rings is 3. The summed E-state index contributed by atoms with van der Waals surface area (Å²) in [4.78, 5) is 43.0. The van der Waals surface area contributed by atoms with E-state index in [0.29, 0.717) is 12.2 Å². The molecule has 1 aliphatic rings. The number of fused-ring (bicyclic) bond motifs is 3. The Morgan fingerprint density at radius 1 is 0.902 bits per heavy atom. The van der Waals surface area contributed by atoms with E-state index in [0.717, 1.165) is 27.8 Å². The van der Waals surface area contributed by atoms with E-state index in [-0.39, 0.29) is 24.8 Å². The number of pyridine rings is 1. The number of nitrogens with zero attached hydrogens (tertiary/aromatic N) is 2. The molecule has 0 fully saturated rings. The Hall–Kier alpha value is -5.02. The molecule has 4 aromatic rings. The highest BCUT2D eigenvalue weighted by Crippen LogP contribution is 2.44. The van der Waals surface area contributed by atoms with Crippen LogP contribution in [0.1, 0.15) is 33.1 Å². The van der Waals surface area contributed by atoms with Gasteiger partial charge in [0, 0.05) is 19.0 Å². The van der Waals surface area contributed by atoms with Gasteiger partial charge >= 0.3 is 12.1 Å². The van der Waals surface area contributed by atoms with Gasteiger partial charge in [0.2, 0.25) is 0 Å². The first kappa shape index (κ1) is 27.5. The van der Waals surface area contributed by atoms with Crippen molar-refractivity contribution in [2.75, 3.05) is 25.5 Å². The molecule has 0 radical (unpaired) electrons. The Balaban J connectivity index is 1.14. The molecule has 3 aromatic carbocycles. The van der Waals surface area contributed by atoms with Crippen molar-refractivity contribution in [1.82, 2.24) is 15.2 Å². The number of likely N-dealkylation sites (N-methyl/N-ethyl adjacent to an activating group) is 1. The fourth-order valence-electron chi connectivity index (χ4n) is 5.04. The lowest BCUT2D eigenvalue weighted by molar-refractivity contribution is -0.139. The van der Waals surface area contributed by atoms with Crippen molar-refractivity contribution in [3.05, 3.63) is 120 Å². The Kier molecular flexibility index (Phi) is 8.36. The topological polar surface area (TPSA) is 121 Å². The number of anilines is 1. The number of aliphatic carboxylic acids is 1. The van der Waals surface area contributed by atoms with Crippen molar-refractivity contribution in [3.63, 3.8) is 0 Å². The predicted molar refractivity (Wildman–Crippen MR) is 155 cm³/mol. The molecule has 3 N–H and O–H groups in total. The summed E-state index contributed by atoms with van der Waals surface area (Å²) in [6.45, 7) is 0.815. The molecule has 1 aromatic heterocycles. The van der Waals surface area contributed by atoms with Crippen LogP contribution in [-0.2, 0) is 16.1 Å². The highest BCUT2D eigenvalue weighted by Gasteiger charge is 2.29. The average Bonchev–Trinajstić information content (AvgIpc) is 3.30. The third-order valence-electron chi connectivity index (χ3n) is 6.98. The average molecular weight is 551 g/mol. The Labute approximate surface area is 237 Å². The molecule has 1 aliphatic carbocycles. The Morgan fingerprint density at radius 3 is 2.15 bits per heavy atom. The van der Waals surface area contributed by atoms with Gasteiger partial charge in [0.25, 0.3) is 5.91 Å². The van der Waals surface area contributed by atoms with Crippen LogP contribution in [0.15, 0.2) is 97.2 Å². The molecule has 0 bridgehead atoms. The molecule has 2 amide bonds. The summed E-state index contributed by atoms with van der Waals surface area (Å²) >= 11 is 0. The largest absolute Gasteiger partial charge is 0.480 e. The number of carboxylic acids is 1. The summed E-state index contributed by atoms with van der Waals surface area (Å²) < 4.78 is 5.55. The Morgan fingerprint density at radius 2 is 1.54 bits per heavy atom. The number of aromatic nitrogens is 1. The van der Waals surface area contributed by atoms with Crippen LogP contribution >= 0.6 is 0 Å². The van der Waals surface area contributed by atoms with Gasteiger partial charge in [-0.15, -0.1) is 0 Å². The monoisotopic (exact) mass is 550 g/mol. The highest BCUT2D eigenvalue weighted by atomic mass is 16.5. The van der Waals surface area contributed by atoms with Crippen molar-refractivity contribution >= 4 is 23.7 Å². The zero-order chi connectivity index (χ0) is 28.8. The maximum Gasteiger partial charge on any atom is 0.411 e. The minimum atomic E-state index is -1.15. The van der Waals surface area contributed by atoms with Crippen LogP contribution in [0.25, 0.3) is 11.1 Å². The Bertz CT molecular complexity index is 1500. The van der Waals surface area contributed by atoms with Crippen molar-refractivity contribution in [1.29, 1.82) is 0 Å². The van der Waals surface area contributed by atoms with Crippen LogP contribution in [0.2, 0.25) is 0 Å². The zero-order valence-corrected chi connectivity index (χ0v) is 22.5. The molecule has 0 saturated carbocycles. The summed E-state index contributed by atoms with van der Waals surface area (Å²) in [7, 11) is 1.79. The zero-order valence-electron chi connectivity index (χ0n) is 22.5. The highest BCUT2D eigenvalue weighted by molar-refractivity contribution is 5.95. The maximum absolute atomic E-state index is 12.7. The second kappa shape index (κ2) is 12.4. The summed E-state index contributed by atoms with van der Waals surface area (Å²) in [5, 5.41) is 14.8. The van der Waals surface area contributed by atoms with E-state index in [1.54, 1.807) is 7.05 Å². The second-order valence-corrected chi connectivity index (χ2v) is 9.93. The summed E-state index contributed by atoms with van der Waals surface area (Å²) in [5.41, 5.74) is 5.92. The second-order valence-electron chi connectivity index (χ2n) is 9.93. The summed E-state index contributed by atoms with van der Waals surface area (Å²) in [6, 6.07) is 27.6. The first-order chi connectivity index (χ1) is 19.9. The van der Waals surface area contributed by atoms with Gasteiger partial charge in [0.1, 0.15) is 18.3 Å². The fraction of sp³-hybridized carbons (Fsp3) is 0.188. The van der Waals surface area contributed by atoms with E-state index in [2.05, 4.69) is 27.8 Å². The van der Waals surface area contributed by atoms with Crippen molar-refractivity contribution in [2.24, 2.45) is 0 Å². The number of nitrogens with one attached hydrogen (secondary N) is 2. The molecule has 0 aliphatic heterocycles. The van der Waals surface area contributed by atoms with E-state index in [1.165, 1.54) is 18.3 Å². The van der Waals surface area contributed by atoms with Gasteiger partial charge in [0.15, 0.2) is 0 Å². The predicted octanol–water partition coefficient (Wildman–Crippen LogP) is 4.76. The van der Waals surface area contributed by atoms with Gasteiger partial charge in [-0.3, -0.25) is 15.0 Å². The van der Waals surface area contributed by atoms with Gasteiger partial charge in [-0.1, -0.05) is 78.9 Å². The quantitative estimate of drug-likeness (QED) is 0.260. The molecular weight excluding hydrogens is 520 g/mol. The lowest BCUT2D eigenvalue weighted by atomic mass is 9.98. The van der Waals surface area contributed by atoms with Crippen LogP contribution < -0.4 is 10.6 Å².